The lowest BCUT2D eigenvalue weighted by Gasteiger charge is -2.18. The Kier molecular flexibility index (Phi) is 5.84. The third-order valence-electron chi connectivity index (χ3n) is 3.85. The van der Waals surface area contributed by atoms with Crippen molar-refractivity contribution in [2.45, 2.75) is 31.9 Å². The highest BCUT2D eigenvalue weighted by Crippen LogP contribution is 2.27. The van der Waals surface area contributed by atoms with Gasteiger partial charge in [0.2, 0.25) is 0 Å². The van der Waals surface area contributed by atoms with E-state index >= 15 is 0 Å². The number of benzene rings is 2. The van der Waals surface area contributed by atoms with Gasteiger partial charge in [0.25, 0.3) is 0 Å². The molecule has 5 N–H and O–H groups in total. The fourth-order valence-corrected chi connectivity index (χ4v) is 2.33. The predicted molar refractivity (Wildman–Crippen MR) is 88.6 cm³/mol. The topological polar surface area (TPSA) is 93.0 Å². The van der Waals surface area contributed by atoms with Gasteiger partial charge in [0.05, 0.1) is 6.10 Å². The van der Waals surface area contributed by atoms with Gasteiger partial charge in [-0.15, -0.1) is 0 Å². The smallest absolute Gasteiger partial charge is 0.157 e. The van der Waals surface area contributed by atoms with Crippen molar-refractivity contribution in [1.82, 2.24) is 5.32 Å². The molecule has 0 radical (unpaired) electrons. The molecule has 23 heavy (non-hydrogen) atoms. The van der Waals surface area contributed by atoms with Crippen LogP contribution in [-0.4, -0.2) is 33.0 Å². The van der Waals surface area contributed by atoms with E-state index in [1.807, 2.05) is 19.1 Å². The normalized spacial score (nSPS) is 13.7. The van der Waals surface area contributed by atoms with E-state index in [-0.39, 0.29) is 23.3 Å². The number of aliphatic hydroxyl groups is 1. The molecular weight excluding hydrogens is 294 g/mol. The van der Waals surface area contributed by atoms with Crippen molar-refractivity contribution in [3.8, 4) is 17.2 Å². The van der Waals surface area contributed by atoms with Crippen LogP contribution in [0.3, 0.4) is 0 Å². The van der Waals surface area contributed by atoms with Gasteiger partial charge in [0.15, 0.2) is 11.5 Å². The number of nitrogens with one attached hydrogen (secondary N) is 1. The molecule has 2 aromatic carbocycles. The molecule has 0 heterocycles. The SMILES string of the molecule is CC(CCc1ccc(O)cc1)NCC(O)c1ccc(O)c(O)c1. The molecule has 2 unspecified atom stereocenters. The summed E-state index contributed by atoms with van der Waals surface area (Å²) < 4.78 is 0. The zero-order chi connectivity index (χ0) is 16.8. The van der Waals surface area contributed by atoms with Crippen LogP contribution in [0.4, 0.5) is 0 Å². The molecule has 5 heteroatoms. The van der Waals surface area contributed by atoms with Crippen molar-refractivity contribution in [3.63, 3.8) is 0 Å². The van der Waals surface area contributed by atoms with Crippen LogP contribution in [0.25, 0.3) is 0 Å². The van der Waals surface area contributed by atoms with E-state index in [1.54, 1.807) is 18.2 Å². The van der Waals surface area contributed by atoms with Gasteiger partial charge in [-0.2, -0.15) is 0 Å². The first kappa shape index (κ1) is 17.1. The van der Waals surface area contributed by atoms with Crippen LogP contribution in [0.1, 0.15) is 30.6 Å². The summed E-state index contributed by atoms with van der Waals surface area (Å²) in [7, 11) is 0. The zero-order valence-electron chi connectivity index (χ0n) is 13.1. The molecule has 2 rings (SSSR count). The molecule has 0 bridgehead atoms. The summed E-state index contributed by atoms with van der Waals surface area (Å²) in [5.41, 5.74) is 1.71. The summed E-state index contributed by atoms with van der Waals surface area (Å²) in [5.74, 6) is -0.168. The monoisotopic (exact) mass is 317 g/mol. The Labute approximate surface area is 135 Å². The molecule has 0 fully saturated rings. The number of phenolic OH excluding ortho intramolecular Hbond substituents is 3. The second kappa shape index (κ2) is 7.85. The molecule has 5 nitrogen and oxygen atoms in total. The summed E-state index contributed by atoms with van der Waals surface area (Å²) in [6.45, 7) is 2.41. The minimum Gasteiger partial charge on any atom is -0.508 e. The van der Waals surface area contributed by atoms with Gasteiger partial charge in [-0.25, -0.2) is 0 Å². The second-order valence-electron chi connectivity index (χ2n) is 5.78. The van der Waals surface area contributed by atoms with Gasteiger partial charge in [-0.05, 0) is 55.2 Å². The van der Waals surface area contributed by atoms with Crippen LogP contribution in [0.2, 0.25) is 0 Å². The second-order valence-corrected chi connectivity index (χ2v) is 5.78. The van der Waals surface area contributed by atoms with E-state index in [4.69, 9.17) is 0 Å². The van der Waals surface area contributed by atoms with Crippen LogP contribution in [0.15, 0.2) is 42.5 Å². The standard InChI is InChI=1S/C18H23NO4/c1-12(2-3-13-4-7-15(20)8-5-13)19-11-18(23)14-6-9-16(21)17(22)10-14/h4-10,12,18-23H,2-3,11H2,1H3. The van der Waals surface area contributed by atoms with Gasteiger partial charge < -0.3 is 25.7 Å². The molecular formula is C18H23NO4. The molecule has 124 valence electrons. The molecule has 0 aliphatic heterocycles. The highest BCUT2D eigenvalue weighted by atomic mass is 16.3. The first-order chi connectivity index (χ1) is 11.0. The largest absolute Gasteiger partial charge is 0.508 e. The van der Waals surface area contributed by atoms with E-state index in [0.29, 0.717) is 12.1 Å². The number of aromatic hydroxyl groups is 3. The van der Waals surface area contributed by atoms with Crippen molar-refractivity contribution in [1.29, 1.82) is 0 Å². The van der Waals surface area contributed by atoms with Gasteiger partial charge in [0, 0.05) is 12.6 Å². The summed E-state index contributed by atoms with van der Waals surface area (Å²) in [6.07, 6.45) is 1.03. The van der Waals surface area contributed by atoms with Gasteiger partial charge in [-0.3, -0.25) is 0 Å². The van der Waals surface area contributed by atoms with Crippen LogP contribution in [-0.2, 0) is 6.42 Å². The summed E-state index contributed by atoms with van der Waals surface area (Å²) >= 11 is 0. The molecule has 0 spiro atoms. The predicted octanol–water partition coefficient (Wildman–Crippen LogP) is 2.45. The third-order valence-corrected chi connectivity index (χ3v) is 3.85. The summed E-state index contributed by atoms with van der Waals surface area (Å²) in [6, 6.07) is 11.7. The van der Waals surface area contributed by atoms with Crippen molar-refractivity contribution >= 4 is 0 Å². The molecule has 0 aromatic heterocycles. The van der Waals surface area contributed by atoms with Crippen LogP contribution in [0, 0.1) is 0 Å². The van der Waals surface area contributed by atoms with Crippen molar-refractivity contribution in [2.24, 2.45) is 0 Å². The Morgan fingerprint density at radius 1 is 0.957 bits per heavy atom. The van der Waals surface area contributed by atoms with Gasteiger partial charge in [-0.1, -0.05) is 18.2 Å². The Morgan fingerprint density at radius 3 is 2.30 bits per heavy atom. The first-order valence-corrected chi connectivity index (χ1v) is 7.67. The minimum atomic E-state index is -0.752. The van der Waals surface area contributed by atoms with Gasteiger partial charge >= 0.3 is 0 Å². The van der Waals surface area contributed by atoms with E-state index < -0.39 is 6.10 Å². The molecule has 2 atom stereocenters. The lowest BCUT2D eigenvalue weighted by molar-refractivity contribution is 0.169. The van der Waals surface area contributed by atoms with Crippen LogP contribution in [0.5, 0.6) is 17.2 Å². The lowest BCUT2D eigenvalue weighted by atomic mass is 10.0. The molecule has 2 aromatic rings. The van der Waals surface area contributed by atoms with Gasteiger partial charge in [0.1, 0.15) is 5.75 Å². The molecule has 0 amide bonds. The number of aryl methyl sites for hydroxylation is 1. The molecule has 0 aliphatic carbocycles. The van der Waals surface area contributed by atoms with Crippen molar-refractivity contribution < 1.29 is 20.4 Å². The van der Waals surface area contributed by atoms with E-state index in [1.165, 1.54) is 12.1 Å². The average molecular weight is 317 g/mol. The lowest BCUT2D eigenvalue weighted by Crippen LogP contribution is -2.30. The Hall–Kier alpha value is -2.24. The minimum absolute atomic E-state index is 0.198. The quantitative estimate of drug-likeness (QED) is 0.506. The Bertz CT molecular complexity index is 627. The summed E-state index contributed by atoms with van der Waals surface area (Å²) in [4.78, 5) is 0. The fraction of sp³-hybridized carbons (Fsp3) is 0.333. The Morgan fingerprint density at radius 2 is 1.65 bits per heavy atom. The zero-order valence-corrected chi connectivity index (χ0v) is 13.1. The average Bonchev–Trinajstić information content (AvgIpc) is 2.54. The maximum Gasteiger partial charge on any atom is 0.157 e. The van der Waals surface area contributed by atoms with E-state index in [0.717, 1.165) is 18.4 Å². The molecule has 0 aliphatic rings. The first-order valence-electron chi connectivity index (χ1n) is 7.67. The summed E-state index contributed by atoms with van der Waals surface area (Å²) in [5, 5.41) is 41.4. The van der Waals surface area contributed by atoms with Crippen LogP contribution >= 0.6 is 0 Å². The number of hydrogen-bond donors (Lipinski definition) is 5. The number of aliphatic hydroxyl groups excluding tert-OH is 1. The fourth-order valence-electron chi connectivity index (χ4n) is 2.33. The maximum absolute atomic E-state index is 10.1. The highest BCUT2D eigenvalue weighted by molar-refractivity contribution is 5.41. The third kappa shape index (κ3) is 5.16. The van der Waals surface area contributed by atoms with Crippen molar-refractivity contribution in [2.75, 3.05) is 6.54 Å². The number of hydrogen-bond acceptors (Lipinski definition) is 5. The van der Waals surface area contributed by atoms with E-state index in [2.05, 4.69) is 5.32 Å². The molecule has 0 saturated heterocycles. The maximum atomic E-state index is 10.1. The number of rotatable bonds is 7. The van der Waals surface area contributed by atoms with E-state index in [9.17, 15) is 20.4 Å². The van der Waals surface area contributed by atoms with Crippen molar-refractivity contribution in [3.05, 3.63) is 53.6 Å². The highest BCUT2D eigenvalue weighted by Gasteiger charge is 2.11. The Balaban J connectivity index is 1.77. The number of phenols is 3. The molecule has 0 saturated carbocycles. The van der Waals surface area contributed by atoms with Crippen LogP contribution < -0.4 is 5.32 Å².